The van der Waals surface area contributed by atoms with Crippen molar-refractivity contribution in [3.05, 3.63) is 18.4 Å². The van der Waals surface area contributed by atoms with Crippen molar-refractivity contribution in [2.24, 2.45) is 0 Å². The molecule has 0 aromatic carbocycles. The lowest BCUT2D eigenvalue weighted by molar-refractivity contribution is 0.0684. The molecule has 0 saturated carbocycles. The Morgan fingerprint density at radius 1 is 1.54 bits per heavy atom. The van der Waals surface area contributed by atoms with Crippen molar-refractivity contribution < 1.29 is 17.9 Å². The molecule has 0 unspecified atom stereocenters. The van der Waals surface area contributed by atoms with Crippen molar-refractivity contribution in [1.29, 1.82) is 0 Å². The van der Waals surface area contributed by atoms with Crippen LogP contribution in [0.25, 0.3) is 0 Å². The van der Waals surface area contributed by atoms with Gasteiger partial charge in [-0.2, -0.15) is 4.72 Å². The topological polar surface area (TPSA) is 79.5 Å². The largest absolute Gasteiger partial charge is 0.452 e. The van der Waals surface area contributed by atoms with Crippen LogP contribution >= 0.6 is 0 Å². The summed E-state index contributed by atoms with van der Waals surface area (Å²) < 4.78 is 29.4. The summed E-state index contributed by atoms with van der Waals surface area (Å²) in [6.07, 6.45) is 1.25. The van der Waals surface area contributed by atoms with Gasteiger partial charge in [-0.15, -0.1) is 0 Å². The molecule has 0 aliphatic heterocycles. The molecule has 0 radical (unpaired) electrons. The fourth-order valence-corrected chi connectivity index (χ4v) is 1.99. The molecule has 0 fully saturated rings. The molecule has 5 nitrogen and oxygen atoms in total. The Labute approximate surface area is 76.4 Å². The molecule has 0 amide bonds. The lowest BCUT2D eigenvalue weighted by Crippen LogP contribution is -2.42. The molecular weight excluding hydrogens is 194 g/mol. The predicted octanol–water partition coefficient (Wildman–Crippen LogP) is 0.286. The van der Waals surface area contributed by atoms with Gasteiger partial charge in [-0.1, -0.05) is 0 Å². The summed E-state index contributed by atoms with van der Waals surface area (Å²) >= 11 is 0. The molecule has 1 rings (SSSR count). The Balaban J connectivity index is 2.93. The molecule has 6 heteroatoms. The first-order valence-corrected chi connectivity index (χ1v) is 5.09. The molecule has 1 aromatic rings. The SMILES string of the molecule is CC(C)(O)NS(=O)(=O)c1ccco1. The van der Waals surface area contributed by atoms with E-state index in [2.05, 4.69) is 4.42 Å². The van der Waals surface area contributed by atoms with Gasteiger partial charge in [0, 0.05) is 0 Å². The van der Waals surface area contributed by atoms with Gasteiger partial charge >= 0.3 is 0 Å². The number of rotatable bonds is 3. The molecule has 0 aliphatic rings. The van der Waals surface area contributed by atoms with Crippen LogP contribution in [-0.2, 0) is 10.0 Å². The third-order valence-electron chi connectivity index (χ3n) is 1.14. The summed E-state index contributed by atoms with van der Waals surface area (Å²) in [5.74, 6) is 0. The van der Waals surface area contributed by atoms with E-state index >= 15 is 0 Å². The Morgan fingerprint density at radius 3 is 2.54 bits per heavy atom. The summed E-state index contributed by atoms with van der Waals surface area (Å²) in [4.78, 5) is 0. The summed E-state index contributed by atoms with van der Waals surface area (Å²) in [6.45, 7) is 2.65. The third kappa shape index (κ3) is 2.83. The zero-order valence-corrected chi connectivity index (χ0v) is 8.13. The van der Waals surface area contributed by atoms with Crippen LogP contribution in [0.5, 0.6) is 0 Å². The lowest BCUT2D eigenvalue weighted by Gasteiger charge is -2.17. The van der Waals surface area contributed by atoms with Gasteiger partial charge < -0.3 is 9.52 Å². The van der Waals surface area contributed by atoms with Gasteiger partial charge in [0.25, 0.3) is 10.0 Å². The fraction of sp³-hybridized carbons (Fsp3) is 0.429. The van der Waals surface area contributed by atoms with E-state index in [-0.39, 0.29) is 5.09 Å². The Kier molecular flexibility index (Phi) is 2.47. The van der Waals surface area contributed by atoms with Gasteiger partial charge in [-0.05, 0) is 26.0 Å². The van der Waals surface area contributed by atoms with E-state index in [0.29, 0.717) is 0 Å². The highest BCUT2D eigenvalue weighted by molar-refractivity contribution is 7.89. The molecule has 2 N–H and O–H groups in total. The van der Waals surface area contributed by atoms with Crippen LogP contribution < -0.4 is 4.72 Å². The average Bonchev–Trinajstić information content (AvgIpc) is 2.29. The summed E-state index contributed by atoms with van der Waals surface area (Å²) in [5.41, 5.74) is -1.49. The Bertz CT molecular complexity index is 360. The summed E-state index contributed by atoms with van der Waals surface area (Å²) in [5, 5.41) is 9.01. The highest BCUT2D eigenvalue weighted by Crippen LogP contribution is 2.11. The van der Waals surface area contributed by atoms with Crippen molar-refractivity contribution in [3.63, 3.8) is 0 Å². The van der Waals surface area contributed by atoms with Gasteiger partial charge in [0.1, 0.15) is 5.72 Å². The van der Waals surface area contributed by atoms with Crippen LogP contribution in [-0.4, -0.2) is 19.2 Å². The van der Waals surface area contributed by atoms with Crippen LogP contribution in [0.1, 0.15) is 13.8 Å². The van der Waals surface area contributed by atoms with E-state index in [4.69, 9.17) is 0 Å². The van der Waals surface area contributed by atoms with Gasteiger partial charge in [-0.3, -0.25) is 0 Å². The molecule has 74 valence electrons. The highest BCUT2D eigenvalue weighted by atomic mass is 32.2. The molecule has 0 atom stereocenters. The number of sulfonamides is 1. The molecule has 0 bridgehead atoms. The minimum Gasteiger partial charge on any atom is -0.452 e. The quantitative estimate of drug-likeness (QED) is 0.695. The average molecular weight is 205 g/mol. The molecular formula is C7H11NO4S. The first kappa shape index (κ1) is 10.2. The maximum atomic E-state index is 11.3. The third-order valence-corrected chi connectivity index (χ3v) is 2.67. The Morgan fingerprint density at radius 2 is 2.15 bits per heavy atom. The van der Waals surface area contributed by atoms with E-state index in [1.54, 1.807) is 0 Å². The van der Waals surface area contributed by atoms with E-state index in [1.165, 1.54) is 32.2 Å². The number of hydrogen-bond donors (Lipinski definition) is 2. The van der Waals surface area contributed by atoms with E-state index in [0.717, 1.165) is 0 Å². The number of aliphatic hydroxyl groups is 1. The second kappa shape index (κ2) is 3.13. The molecule has 0 spiro atoms. The zero-order valence-electron chi connectivity index (χ0n) is 7.31. The van der Waals surface area contributed by atoms with Crippen LogP contribution in [0.15, 0.2) is 27.9 Å². The van der Waals surface area contributed by atoms with Gasteiger partial charge in [0.05, 0.1) is 6.26 Å². The van der Waals surface area contributed by atoms with Crippen LogP contribution in [0.2, 0.25) is 0 Å². The second-order valence-corrected chi connectivity index (χ2v) is 4.71. The van der Waals surface area contributed by atoms with Crippen molar-refractivity contribution in [2.45, 2.75) is 24.7 Å². The molecule has 13 heavy (non-hydrogen) atoms. The molecule has 0 aliphatic carbocycles. The fourth-order valence-electron chi connectivity index (χ4n) is 0.796. The van der Waals surface area contributed by atoms with E-state index < -0.39 is 15.7 Å². The minimum atomic E-state index is -3.74. The normalized spacial score (nSPS) is 13.2. The monoisotopic (exact) mass is 205 g/mol. The van der Waals surface area contributed by atoms with Crippen LogP contribution in [0.3, 0.4) is 0 Å². The van der Waals surface area contributed by atoms with E-state index in [9.17, 15) is 13.5 Å². The first-order chi connectivity index (χ1) is 5.81. The van der Waals surface area contributed by atoms with Gasteiger partial charge in [0.15, 0.2) is 0 Å². The van der Waals surface area contributed by atoms with Crippen LogP contribution in [0, 0.1) is 0 Å². The van der Waals surface area contributed by atoms with Crippen molar-refractivity contribution >= 4 is 10.0 Å². The van der Waals surface area contributed by atoms with Gasteiger partial charge in [-0.25, -0.2) is 8.42 Å². The Hall–Kier alpha value is -0.850. The van der Waals surface area contributed by atoms with Crippen molar-refractivity contribution in [1.82, 2.24) is 4.72 Å². The predicted molar refractivity (Wildman–Crippen MR) is 45.3 cm³/mol. The maximum absolute atomic E-state index is 11.3. The van der Waals surface area contributed by atoms with Crippen LogP contribution in [0.4, 0.5) is 0 Å². The van der Waals surface area contributed by atoms with E-state index in [1.807, 2.05) is 4.72 Å². The summed E-state index contributed by atoms with van der Waals surface area (Å²) in [7, 11) is -3.74. The smallest absolute Gasteiger partial charge is 0.276 e. The number of furan rings is 1. The van der Waals surface area contributed by atoms with Gasteiger partial charge in [0.2, 0.25) is 5.09 Å². The molecule has 1 heterocycles. The van der Waals surface area contributed by atoms with Crippen molar-refractivity contribution in [2.75, 3.05) is 0 Å². The molecule has 1 aromatic heterocycles. The zero-order chi connectivity index (χ0) is 10.1. The minimum absolute atomic E-state index is 0.213. The number of nitrogens with one attached hydrogen (secondary N) is 1. The highest BCUT2D eigenvalue weighted by Gasteiger charge is 2.25. The summed E-state index contributed by atoms with van der Waals surface area (Å²) in [6, 6.07) is 2.76. The second-order valence-electron chi connectivity index (χ2n) is 3.10. The lowest BCUT2D eigenvalue weighted by atomic mass is 10.4. The standard InChI is InChI=1S/C7H11NO4S/c1-7(2,9)8-13(10,11)6-4-3-5-12-6/h3-5,8-9H,1-2H3. The first-order valence-electron chi connectivity index (χ1n) is 3.61. The number of hydrogen-bond acceptors (Lipinski definition) is 4. The van der Waals surface area contributed by atoms with Crippen molar-refractivity contribution in [3.8, 4) is 0 Å². The molecule has 0 saturated heterocycles. The maximum Gasteiger partial charge on any atom is 0.276 e.